The molecule has 0 spiro atoms. The summed E-state index contributed by atoms with van der Waals surface area (Å²) in [4.78, 5) is 41.6. The van der Waals surface area contributed by atoms with Crippen LogP contribution in [-0.2, 0) is 14.3 Å². The molecule has 2 aromatic carbocycles. The molecule has 0 aromatic heterocycles. The monoisotopic (exact) mass is 399 g/mol. The third-order valence-electron chi connectivity index (χ3n) is 4.99. The van der Waals surface area contributed by atoms with Crippen molar-refractivity contribution in [3.05, 3.63) is 42.0 Å². The van der Waals surface area contributed by atoms with Gasteiger partial charge in [-0.2, -0.15) is 0 Å². The van der Waals surface area contributed by atoms with E-state index in [1.54, 1.807) is 30.0 Å². The van der Waals surface area contributed by atoms with Gasteiger partial charge in [0, 0.05) is 40.3 Å². The number of phenolic OH excluding ortho intramolecular Hbond substituents is 1. The minimum atomic E-state index is -0.739. The van der Waals surface area contributed by atoms with E-state index in [0.29, 0.717) is 32.7 Å². The summed E-state index contributed by atoms with van der Waals surface area (Å²) in [6.45, 7) is 2.05. The van der Waals surface area contributed by atoms with Crippen molar-refractivity contribution in [3.63, 3.8) is 0 Å². The Bertz CT molecular complexity index is 920. The summed E-state index contributed by atoms with van der Waals surface area (Å²) in [5.74, 6) is -1.19. The fraction of sp³-hybridized carbons (Fsp3) is 0.381. The number of carbonyl (C=O) groups is 3. The fourth-order valence-corrected chi connectivity index (χ4v) is 3.18. The number of amides is 2. The van der Waals surface area contributed by atoms with E-state index in [9.17, 15) is 19.5 Å². The lowest BCUT2D eigenvalue weighted by molar-refractivity contribution is -0.137. The first-order valence-corrected chi connectivity index (χ1v) is 9.44. The lowest BCUT2D eigenvalue weighted by atomic mass is 10.1. The summed E-state index contributed by atoms with van der Waals surface area (Å²) in [7, 11) is 3.42. The highest BCUT2D eigenvalue weighted by Crippen LogP contribution is 2.25. The number of phenols is 1. The minimum Gasteiger partial charge on any atom is -0.507 e. The number of hydrogen-bond acceptors (Lipinski definition) is 6. The van der Waals surface area contributed by atoms with Gasteiger partial charge in [0.25, 0.3) is 5.91 Å². The number of likely N-dealkylation sites (N-methyl/N-ethyl adjacent to an activating group) is 1. The molecule has 3 rings (SSSR count). The van der Waals surface area contributed by atoms with Crippen LogP contribution in [0.3, 0.4) is 0 Å². The Morgan fingerprint density at radius 2 is 1.66 bits per heavy atom. The molecule has 154 valence electrons. The first-order valence-electron chi connectivity index (χ1n) is 9.44. The third-order valence-corrected chi connectivity index (χ3v) is 4.99. The molecule has 8 nitrogen and oxygen atoms in total. The number of nitrogens with zero attached hydrogens (tertiary/aromatic N) is 3. The predicted octanol–water partition coefficient (Wildman–Crippen LogP) is 0.935. The van der Waals surface area contributed by atoms with Crippen molar-refractivity contribution in [1.82, 2.24) is 14.7 Å². The van der Waals surface area contributed by atoms with Gasteiger partial charge in [-0.05, 0) is 22.9 Å². The van der Waals surface area contributed by atoms with E-state index in [0.717, 1.165) is 10.8 Å². The summed E-state index contributed by atoms with van der Waals surface area (Å²) >= 11 is 0. The molecule has 0 unspecified atom stereocenters. The topological polar surface area (TPSA) is 90.4 Å². The number of aromatic hydroxyl groups is 1. The van der Waals surface area contributed by atoms with Gasteiger partial charge in [-0.3, -0.25) is 14.5 Å². The second-order valence-corrected chi connectivity index (χ2v) is 7.24. The van der Waals surface area contributed by atoms with Crippen LogP contribution < -0.4 is 0 Å². The quantitative estimate of drug-likeness (QED) is 0.753. The number of ether oxygens (including phenoxy) is 1. The lowest BCUT2D eigenvalue weighted by Gasteiger charge is -2.34. The van der Waals surface area contributed by atoms with Crippen molar-refractivity contribution in [2.75, 3.05) is 53.4 Å². The zero-order chi connectivity index (χ0) is 21.0. The Hall–Kier alpha value is -3.13. The summed E-state index contributed by atoms with van der Waals surface area (Å²) < 4.78 is 5.13. The first kappa shape index (κ1) is 20.6. The zero-order valence-electron chi connectivity index (χ0n) is 16.6. The Morgan fingerprint density at radius 1 is 1.03 bits per heavy atom. The molecule has 0 aliphatic carbocycles. The molecule has 0 radical (unpaired) electrons. The summed E-state index contributed by atoms with van der Waals surface area (Å²) in [6, 6.07) is 10.4. The largest absolute Gasteiger partial charge is 0.507 e. The molecule has 2 amide bonds. The van der Waals surface area contributed by atoms with E-state index in [1.807, 2.05) is 29.2 Å². The predicted molar refractivity (Wildman–Crippen MR) is 108 cm³/mol. The van der Waals surface area contributed by atoms with Gasteiger partial charge < -0.3 is 19.6 Å². The molecule has 1 N–H and O–H groups in total. The normalized spacial score (nSPS) is 14.6. The molecule has 1 aliphatic rings. The highest BCUT2D eigenvalue weighted by molar-refractivity contribution is 5.99. The average molecular weight is 399 g/mol. The van der Waals surface area contributed by atoms with Gasteiger partial charge >= 0.3 is 5.97 Å². The molecule has 8 heteroatoms. The Labute approximate surface area is 169 Å². The summed E-state index contributed by atoms with van der Waals surface area (Å²) in [6.07, 6.45) is 0. The van der Waals surface area contributed by atoms with E-state index in [-0.39, 0.29) is 29.7 Å². The number of hydrogen-bond donors (Lipinski definition) is 1. The molecular formula is C21H25N3O5. The maximum Gasteiger partial charge on any atom is 0.342 e. The second kappa shape index (κ2) is 8.91. The lowest BCUT2D eigenvalue weighted by Crippen LogP contribution is -2.51. The van der Waals surface area contributed by atoms with Crippen molar-refractivity contribution in [1.29, 1.82) is 0 Å². The van der Waals surface area contributed by atoms with Crippen LogP contribution in [-0.4, -0.2) is 91.0 Å². The second-order valence-electron chi connectivity index (χ2n) is 7.24. The van der Waals surface area contributed by atoms with Gasteiger partial charge in [0.05, 0.1) is 6.54 Å². The van der Waals surface area contributed by atoms with E-state index < -0.39 is 5.97 Å². The van der Waals surface area contributed by atoms with Crippen molar-refractivity contribution >= 4 is 28.6 Å². The highest BCUT2D eigenvalue weighted by atomic mass is 16.5. The fourth-order valence-electron chi connectivity index (χ4n) is 3.18. The van der Waals surface area contributed by atoms with E-state index in [2.05, 4.69) is 0 Å². The zero-order valence-corrected chi connectivity index (χ0v) is 16.6. The number of benzene rings is 2. The highest BCUT2D eigenvalue weighted by Gasteiger charge is 2.24. The molecular weight excluding hydrogens is 374 g/mol. The number of esters is 1. The van der Waals surface area contributed by atoms with Crippen molar-refractivity contribution < 1.29 is 24.2 Å². The van der Waals surface area contributed by atoms with Gasteiger partial charge in [-0.15, -0.1) is 0 Å². The SMILES string of the molecule is CN(C)C(=O)CN1CCN(C(=O)COC(=O)c2cc3ccccc3cc2O)CC1. The Morgan fingerprint density at radius 3 is 2.28 bits per heavy atom. The molecule has 2 aromatic rings. The number of piperazine rings is 1. The molecule has 0 atom stereocenters. The van der Waals surface area contributed by atoms with Crippen LogP contribution >= 0.6 is 0 Å². The van der Waals surface area contributed by atoms with Gasteiger partial charge in [0.2, 0.25) is 5.91 Å². The van der Waals surface area contributed by atoms with E-state index in [1.165, 1.54) is 6.07 Å². The van der Waals surface area contributed by atoms with Crippen LogP contribution in [0.1, 0.15) is 10.4 Å². The van der Waals surface area contributed by atoms with Crippen molar-refractivity contribution in [2.45, 2.75) is 0 Å². The summed E-state index contributed by atoms with van der Waals surface area (Å²) in [5.41, 5.74) is 0.0310. The third kappa shape index (κ3) is 5.03. The van der Waals surface area contributed by atoms with Crippen LogP contribution in [0.2, 0.25) is 0 Å². The summed E-state index contributed by atoms with van der Waals surface area (Å²) in [5, 5.41) is 11.7. The molecule has 0 saturated carbocycles. The van der Waals surface area contributed by atoms with Crippen LogP contribution in [0, 0.1) is 0 Å². The van der Waals surface area contributed by atoms with Gasteiger partial charge in [-0.1, -0.05) is 24.3 Å². The number of rotatable bonds is 5. The molecule has 0 bridgehead atoms. The Balaban J connectivity index is 1.51. The molecule has 1 saturated heterocycles. The molecule has 1 aliphatic heterocycles. The number of carbonyl (C=O) groups excluding carboxylic acids is 3. The molecule has 29 heavy (non-hydrogen) atoms. The van der Waals surface area contributed by atoms with Gasteiger partial charge in [0.15, 0.2) is 6.61 Å². The maximum absolute atomic E-state index is 12.4. The van der Waals surface area contributed by atoms with Crippen molar-refractivity contribution in [2.24, 2.45) is 0 Å². The number of fused-ring (bicyclic) bond motifs is 1. The van der Waals surface area contributed by atoms with E-state index >= 15 is 0 Å². The van der Waals surface area contributed by atoms with Gasteiger partial charge in [0.1, 0.15) is 11.3 Å². The smallest absolute Gasteiger partial charge is 0.342 e. The van der Waals surface area contributed by atoms with Crippen molar-refractivity contribution in [3.8, 4) is 5.75 Å². The standard InChI is InChI=1S/C21H25N3O5/c1-22(2)19(26)13-23-7-9-24(10-8-23)20(27)14-29-21(28)17-11-15-5-3-4-6-16(15)12-18(17)25/h3-6,11-12,25H,7-10,13-14H2,1-2H3. The van der Waals surface area contributed by atoms with Crippen LogP contribution in [0.25, 0.3) is 10.8 Å². The first-order chi connectivity index (χ1) is 13.8. The molecule has 1 fully saturated rings. The maximum atomic E-state index is 12.4. The van der Waals surface area contributed by atoms with Crippen LogP contribution in [0.4, 0.5) is 0 Å². The molecule has 1 heterocycles. The minimum absolute atomic E-state index is 0.0221. The van der Waals surface area contributed by atoms with Gasteiger partial charge in [-0.25, -0.2) is 4.79 Å². The average Bonchev–Trinajstić information content (AvgIpc) is 2.71. The van der Waals surface area contributed by atoms with E-state index in [4.69, 9.17) is 4.74 Å². The van der Waals surface area contributed by atoms with Crippen LogP contribution in [0.15, 0.2) is 36.4 Å². The Kier molecular flexibility index (Phi) is 6.33. The van der Waals surface area contributed by atoms with Crippen LogP contribution in [0.5, 0.6) is 5.75 Å².